The SMILES string of the molecule is Cn1cc(NC(=O)[C@H]2CCCC[C@H]2C(=O)O)c(C(=O)NCc2ccco2)n1. The Hall–Kier alpha value is -3.10. The molecule has 0 bridgehead atoms. The van der Waals surface area contributed by atoms with Gasteiger partial charge >= 0.3 is 5.97 Å². The van der Waals surface area contributed by atoms with Gasteiger partial charge in [-0.25, -0.2) is 0 Å². The van der Waals surface area contributed by atoms with Crippen LogP contribution in [0.15, 0.2) is 29.0 Å². The molecule has 3 N–H and O–H groups in total. The van der Waals surface area contributed by atoms with E-state index in [2.05, 4.69) is 15.7 Å². The molecule has 0 unspecified atom stereocenters. The second kappa shape index (κ2) is 8.07. The normalized spacial score (nSPS) is 19.4. The van der Waals surface area contributed by atoms with Crippen LogP contribution in [0.5, 0.6) is 0 Å². The third-order valence-electron chi connectivity index (χ3n) is 4.72. The minimum atomic E-state index is -0.961. The highest BCUT2D eigenvalue weighted by Gasteiger charge is 2.36. The molecule has 9 heteroatoms. The van der Waals surface area contributed by atoms with Crippen molar-refractivity contribution in [1.82, 2.24) is 15.1 Å². The monoisotopic (exact) mass is 374 g/mol. The Morgan fingerprint density at radius 3 is 2.70 bits per heavy atom. The first-order valence-corrected chi connectivity index (χ1v) is 8.83. The summed E-state index contributed by atoms with van der Waals surface area (Å²) in [6.45, 7) is 0.194. The number of nitrogens with zero attached hydrogens (tertiary/aromatic N) is 2. The fourth-order valence-corrected chi connectivity index (χ4v) is 3.38. The standard InChI is InChI=1S/C18H22N4O5/c1-22-10-14(15(21-22)17(24)19-9-11-5-4-8-27-11)20-16(23)12-6-2-3-7-13(12)18(25)26/h4-5,8,10,12-13H,2-3,6-7,9H2,1H3,(H,19,24)(H,20,23)(H,25,26)/t12-,13+/m0/s1. The molecule has 2 atom stereocenters. The average molecular weight is 374 g/mol. The highest BCUT2D eigenvalue weighted by molar-refractivity contribution is 6.03. The van der Waals surface area contributed by atoms with E-state index in [0.717, 1.165) is 12.8 Å². The van der Waals surface area contributed by atoms with Crippen LogP contribution in [0.25, 0.3) is 0 Å². The van der Waals surface area contributed by atoms with Crippen LogP contribution in [0.1, 0.15) is 41.9 Å². The van der Waals surface area contributed by atoms with E-state index in [1.807, 2.05) is 0 Å². The molecule has 2 aromatic rings. The van der Waals surface area contributed by atoms with E-state index in [1.165, 1.54) is 17.1 Å². The zero-order valence-electron chi connectivity index (χ0n) is 15.0. The van der Waals surface area contributed by atoms with Crippen LogP contribution >= 0.6 is 0 Å². The summed E-state index contributed by atoms with van der Waals surface area (Å²) in [4.78, 5) is 36.5. The number of rotatable bonds is 6. The Labute approximate surface area is 155 Å². The Kier molecular flexibility index (Phi) is 5.58. The molecule has 2 aromatic heterocycles. The highest BCUT2D eigenvalue weighted by atomic mass is 16.4. The Morgan fingerprint density at radius 1 is 1.30 bits per heavy atom. The third-order valence-corrected chi connectivity index (χ3v) is 4.72. The quantitative estimate of drug-likeness (QED) is 0.707. The molecule has 1 aliphatic rings. The third kappa shape index (κ3) is 4.36. The van der Waals surface area contributed by atoms with Crippen molar-refractivity contribution >= 4 is 23.5 Å². The molecular formula is C18H22N4O5. The first-order chi connectivity index (χ1) is 13.0. The maximum Gasteiger partial charge on any atom is 0.307 e. The van der Waals surface area contributed by atoms with Crippen molar-refractivity contribution in [3.63, 3.8) is 0 Å². The van der Waals surface area contributed by atoms with Crippen molar-refractivity contribution in [1.29, 1.82) is 0 Å². The van der Waals surface area contributed by atoms with Crippen LogP contribution in [0.2, 0.25) is 0 Å². The second-order valence-corrected chi connectivity index (χ2v) is 6.65. The van der Waals surface area contributed by atoms with Gasteiger partial charge in [0.15, 0.2) is 5.69 Å². The first-order valence-electron chi connectivity index (χ1n) is 8.83. The van der Waals surface area contributed by atoms with Crippen molar-refractivity contribution in [2.75, 3.05) is 5.32 Å². The van der Waals surface area contributed by atoms with Gasteiger partial charge in [-0.1, -0.05) is 12.8 Å². The highest BCUT2D eigenvalue weighted by Crippen LogP contribution is 2.31. The Morgan fingerprint density at radius 2 is 2.04 bits per heavy atom. The van der Waals surface area contributed by atoms with Gasteiger partial charge in [0.2, 0.25) is 5.91 Å². The number of aromatic nitrogens is 2. The van der Waals surface area contributed by atoms with Crippen molar-refractivity contribution in [3.8, 4) is 0 Å². The lowest BCUT2D eigenvalue weighted by molar-refractivity contribution is -0.147. The fraction of sp³-hybridized carbons (Fsp3) is 0.444. The minimum Gasteiger partial charge on any atom is -0.481 e. The Bertz CT molecular complexity index is 827. The number of hydrogen-bond donors (Lipinski definition) is 3. The number of hydrogen-bond acceptors (Lipinski definition) is 5. The second-order valence-electron chi connectivity index (χ2n) is 6.65. The molecule has 0 aromatic carbocycles. The molecule has 3 rings (SSSR count). The number of furan rings is 1. The number of carboxylic acids is 1. The van der Waals surface area contributed by atoms with Gasteiger partial charge in [0, 0.05) is 13.2 Å². The molecule has 1 fully saturated rings. The van der Waals surface area contributed by atoms with E-state index < -0.39 is 29.6 Å². The van der Waals surface area contributed by atoms with E-state index >= 15 is 0 Å². The van der Waals surface area contributed by atoms with Crippen LogP contribution in [0.4, 0.5) is 5.69 Å². The number of aryl methyl sites for hydroxylation is 1. The smallest absolute Gasteiger partial charge is 0.307 e. The zero-order chi connectivity index (χ0) is 19.4. The minimum absolute atomic E-state index is 0.0695. The van der Waals surface area contributed by atoms with Crippen LogP contribution in [0.3, 0.4) is 0 Å². The Balaban J connectivity index is 1.70. The van der Waals surface area contributed by atoms with Crippen molar-refractivity contribution in [2.24, 2.45) is 18.9 Å². The molecular weight excluding hydrogens is 352 g/mol. The number of nitrogens with one attached hydrogen (secondary N) is 2. The van der Waals surface area contributed by atoms with Gasteiger partial charge in [-0.3, -0.25) is 19.1 Å². The van der Waals surface area contributed by atoms with E-state index in [1.54, 1.807) is 19.2 Å². The van der Waals surface area contributed by atoms with E-state index in [4.69, 9.17) is 4.42 Å². The zero-order valence-corrected chi connectivity index (χ0v) is 15.0. The molecule has 144 valence electrons. The number of aliphatic carboxylic acids is 1. The topological polar surface area (TPSA) is 126 Å². The lowest BCUT2D eigenvalue weighted by atomic mass is 9.78. The molecule has 1 aliphatic carbocycles. The number of anilines is 1. The van der Waals surface area contributed by atoms with Crippen molar-refractivity contribution in [3.05, 3.63) is 36.0 Å². The van der Waals surface area contributed by atoms with E-state index in [-0.39, 0.29) is 17.9 Å². The molecule has 0 saturated heterocycles. The van der Waals surface area contributed by atoms with E-state index in [9.17, 15) is 19.5 Å². The van der Waals surface area contributed by atoms with Gasteiger partial charge in [0.1, 0.15) is 5.76 Å². The van der Waals surface area contributed by atoms with Gasteiger partial charge in [0.25, 0.3) is 5.91 Å². The first kappa shape index (κ1) is 18.7. The maximum atomic E-state index is 12.7. The molecule has 27 heavy (non-hydrogen) atoms. The molecule has 1 saturated carbocycles. The average Bonchev–Trinajstić information content (AvgIpc) is 3.29. The summed E-state index contributed by atoms with van der Waals surface area (Å²) in [6.07, 6.45) is 5.65. The number of amides is 2. The number of carbonyl (C=O) groups is 3. The van der Waals surface area contributed by atoms with Gasteiger partial charge in [-0.05, 0) is 25.0 Å². The van der Waals surface area contributed by atoms with Crippen molar-refractivity contribution < 1.29 is 23.9 Å². The summed E-state index contributed by atoms with van der Waals surface area (Å²) >= 11 is 0. The molecule has 0 aliphatic heterocycles. The van der Waals surface area contributed by atoms with E-state index in [0.29, 0.717) is 18.6 Å². The largest absolute Gasteiger partial charge is 0.481 e. The predicted octanol–water partition coefficient (Wildman–Crippen LogP) is 1.77. The summed E-state index contributed by atoms with van der Waals surface area (Å²) in [7, 11) is 1.64. The van der Waals surface area contributed by atoms with Crippen molar-refractivity contribution in [2.45, 2.75) is 32.2 Å². The molecule has 2 amide bonds. The van der Waals surface area contributed by atoms with Gasteiger partial charge in [-0.15, -0.1) is 0 Å². The lowest BCUT2D eigenvalue weighted by Crippen LogP contribution is -2.36. The van der Waals surface area contributed by atoms with Gasteiger partial charge in [-0.2, -0.15) is 5.10 Å². The summed E-state index contributed by atoms with van der Waals surface area (Å²) in [6, 6.07) is 3.45. The van der Waals surface area contributed by atoms with Crippen LogP contribution in [-0.2, 0) is 23.2 Å². The summed E-state index contributed by atoms with van der Waals surface area (Å²) in [5.41, 5.74) is 0.328. The number of carboxylic acid groups (broad SMARTS) is 1. The number of carbonyl (C=O) groups excluding carboxylic acids is 2. The summed E-state index contributed by atoms with van der Waals surface area (Å²) in [5.74, 6) is -2.54. The van der Waals surface area contributed by atoms with Crippen LogP contribution < -0.4 is 10.6 Å². The van der Waals surface area contributed by atoms with Gasteiger partial charge < -0.3 is 20.2 Å². The van der Waals surface area contributed by atoms with Gasteiger partial charge in [0.05, 0.1) is 30.3 Å². The summed E-state index contributed by atoms with van der Waals surface area (Å²) in [5, 5.41) is 18.8. The maximum absolute atomic E-state index is 12.7. The molecule has 2 heterocycles. The predicted molar refractivity (Wildman–Crippen MR) is 94.8 cm³/mol. The van der Waals surface area contributed by atoms with Crippen LogP contribution in [-0.4, -0.2) is 32.7 Å². The molecule has 0 spiro atoms. The molecule has 9 nitrogen and oxygen atoms in total. The molecule has 0 radical (unpaired) electrons. The fourth-order valence-electron chi connectivity index (χ4n) is 3.38. The lowest BCUT2D eigenvalue weighted by Gasteiger charge is -2.27. The van der Waals surface area contributed by atoms with Crippen LogP contribution in [0, 0.1) is 11.8 Å². The summed E-state index contributed by atoms with van der Waals surface area (Å²) < 4.78 is 6.59.